The molecule has 9 unspecified atom stereocenters. The number of hydrogen-bond acceptors (Lipinski definition) is 3. The Bertz CT molecular complexity index is 780. The Labute approximate surface area is 196 Å². The monoisotopic (exact) mass is 444 g/mol. The van der Waals surface area contributed by atoms with Crippen LogP contribution in [0.2, 0.25) is 0 Å². The van der Waals surface area contributed by atoms with E-state index < -0.39 is 5.60 Å². The molecule has 0 radical (unpaired) electrons. The predicted molar refractivity (Wildman–Crippen MR) is 128 cm³/mol. The Kier molecular flexibility index (Phi) is 5.15. The number of Topliss-reactive ketones (excluding diaryl/α,β-unsaturated/α-hetero) is 1. The second-order valence-corrected chi connectivity index (χ2v) is 14.4. The fourth-order valence-electron chi connectivity index (χ4n) is 10.4. The van der Waals surface area contributed by atoms with Crippen molar-refractivity contribution >= 4 is 5.78 Å². The predicted octanol–water partition coefficient (Wildman–Crippen LogP) is 6.56. The van der Waals surface area contributed by atoms with Crippen molar-refractivity contribution in [2.45, 2.75) is 130 Å². The summed E-state index contributed by atoms with van der Waals surface area (Å²) in [4.78, 5) is 12.8. The zero-order valence-electron chi connectivity index (χ0n) is 21.8. The molecule has 182 valence electrons. The lowest BCUT2D eigenvalue weighted by molar-refractivity contribution is -0.177. The maximum atomic E-state index is 12.8. The zero-order chi connectivity index (χ0) is 23.3. The molecule has 0 bridgehead atoms. The number of fused-ring (bicyclic) bond motifs is 5. The number of carbonyl (C=O) groups excluding carboxylic acids is 1. The van der Waals surface area contributed by atoms with Crippen LogP contribution < -0.4 is 0 Å². The van der Waals surface area contributed by atoms with Crippen LogP contribution in [0.25, 0.3) is 0 Å². The average molecular weight is 445 g/mol. The van der Waals surface area contributed by atoms with Gasteiger partial charge < -0.3 is 9.84 Å². The standard InChI is InChI=1S/C29H48O3/c1-25(2)22-11-10-18-19(28(22,6)16-13-23(25)30)8-9-20-21(12-15-27(18,20)5)29(7)17-14-24(32-29)26(3,4)31/h18-22,24,31H,8-17H2,1-7H3. The lowest BCUT2D eigenvalue weighted by Crippen LogP contribution is -2.59. The molecule has 9 atom stereocenters. The highest BCUT2D eigenvalue weighted by molar-refractivity contribution is 5.85. The van der Waals surface area contributed by atoms with Gasteiger partial charge in [0.05, 0.1) is 17.3 Å². The second-order valence-electron chi connectivity index (χ2n) is 14.4. The van der Waals surface area contributed by atoms with Gasteiger partial charge in [-0.25, -0.2) is 0 Å². The molecule has 3 nitrogen and oxygen atoms in total. The molecule has 0 spiro atoms. The van der Waals surface area contributed by atoms with E-state index in [4.69, 9.17) is 4.74 Å². The van der Waals surface area contributed by atoms with Gasteiger partial charge in [0.2, 0.25) is 0 Å². The summed E-state index contributed by atoms with van der Waals surface area (Å²) in [5, 5.41) is 10.6. The Morgan fingerprint density at radius 2 is 1.38 bits per heavy atom. The number of rotatable bonds is 2. The van der Waals surface area contributed by atoms with Crippen LogP contribution in [0, 0.1) is 45.8 Å². The fourth-order valence-corrected chi connectivity index (χ4v) is 10.4. The molecule has 1 aliphatic heterocycles. The third-order valence-electron chi connectivity index (χ3n) is 12.2. The van der Waals surface area contributed by atoms with E-state index in [9.17, 15) is 9.90 Å². The summed E-state index contributed by atoms with van der Waals surface area (Å²) in [7, 11) is 0. The summed E-state index contributed by atoms with van der Waals surface area (Å²) in [6, 6.07) is 0. The minimum Gasteiger partial charge on any atom is -0.388 e. The largest absolute Gasteiger partial charge is 0.388 e. The van der Waals surface area contributed by atoms with Crippen molar-refractivity contribution in [2.75, 3.05) is 0 Å². The van der Waals surface area contributed by atoms with Crippen molar-refractivity contribution in [3.05, 3.63) is 0 Å². The highest BCUT2D eigenvalue weighted by atomic mass is 16.5. The molecule has 4 saturated carbocycles. The first-order chi connectivity index (χ1) is 14.7. The van der Waals surface area contributed by atoms with Crippen molar-refractivity contribution in [1.29, 1.82) is 0 Å². The molecule has 1 N–H and O–H groups in total. The zero-order valence-corrected chi connectivity index (χ0v) is 21.8. The maximum absolute atomic E-state index is 12.8. The quantitative estimate of drug-likeness (QED) is 0.525. The summed E-state index contributed by atoms with van der Waals surface area (Å²) in [5.74, 6) is 4.00. The minimum absolute atomic E-state index is 0.0351. The smallest absolute Gasteiger partial charge is 0.138 e. The lowest BCUT2D eigenvalue weighted by Gasteiger charge is -2.64. The van der Waals surface area contributed by atoms with Crippen LogP contribution in [-0.2, 0) is 9.53 Å². The summed E-state index contributed by atoms with van der Waals surface area (Å²) in [5.41, 5.74) is -0.250. The molecule has 4 aliphatic carbocycles. The van der Waals surface area contributed by atoms with Crippen molar-refractivity contribution < 1.29 is 14.6 Å². The molecular formula is C29H48O3. The van der Waals surface area contributed by atoms with Crippen molar-refractivity contribution in [3.63, 3.8) is 0 Å². The topological polar surface area (TPSA) is 46.5 Å². The molecule has 1 heterocycles. The van der Waals surface area contributed by atoms with Gasteiger partial charge in [0.15, 0.2) is 0 Å². The van der Waals surface area contributed by atoms with Gasteiger partial charge in [-0.3, -0.25) is 4.79 Å². The van der Waals surface area contributed by atoms with Crippen LogP contribution in [0.3, 0.4) is 0 Å². The van der Waals surface area contributed by atoms with E-state index in [0.717, 1.165) is 43.4 Å². The van der Waals surface area contributed by atoms with E-state index in [0.29, 0.717) is 28.4 Å². The molecule has 5 rings (SSSR count). The van der Waals surface area contributed by atoms with Gasteiger partial charge in [-0.2, -0.15) is 0 Å². The maximum Gasteiger partial charge on any atom is 0.138 e. The van der Waals surface area contributed by atoms with Gasteiger partial charge in [0, 0.05) is 11.8 Å². The van der Waals surface area contributed by atoms with Gasteiger partial charge in [-0.05, 0) is 119 Å². The Balaban J connectivity index is 1.40. The van der Waals surface area contributed by atoms with Crippen molar-refractivity contribution in [2.24, 2.45) is 45.8 Å². The first-order valence-corrected chi connectivity index (χ1v) is 13.7. The van der Waals surface area contributed by atoms with Crippen LogP contribution in [0.15, 0.2) is 0 Å². The number of hydrogen-bond donors (Lipinski definition) is 1. The molecule has 5 fully saturated rings. The van der Waals surface area contributed by atoms with Crippen LogP contribution in [0.5, 0.6) is 0 Å². The molecule has 0 aromatic carbocycles. The van der Waals surface area contributed by atoms with Gasteiger partial charge in [0.1, 0.15) is 5.78 Å². The normalized spacial score (nSPS) is 52.9. The van der Waals surface area contributed by atoms with E-state index in [-0.39, 0.29) is 17.1 Å². The van der Waals surface area contributed by atoms with E-state index in [1.807, 2.05) is 13.8 Å². The summed E-state index contributed by atoms with van der Waals surface area (Å²) in [6.07, 6.45) is 11.8. The SMILES string of the molecule is CC(C)(O)C1CCC(C)(C2CCC3(C)C2CCC2C3CCC3C(C)(C)C(=O)CCC23C)O1. The van der Waals surface area contributed by atoms with Gasteiger partial charge in [0.25, 0.3) is 0 Å². The molecule has 0 aromatic rings. The highest BCUT2D eigenvalue weighted by Crippen LogP contribution is 2.71. The molecule has 5 aliphatic rings. The second kappa shape index (κ2) is 7.06. The van der Waals surface area contributed by atoms with E-state index in [1.165, 1.54) is 38.5 Å². The summed E-state index contributed by atoms with van der Waals surface area (Å²) >= 11 is 0. The first kappa shape index (κ1) is 23.3. The lowest BCUT2D eigenvalue weighted by atomic mass is 9.40. The Hall–Kier alpha value is -0.410. The van der Waals surface area contributed by atoms with Crippen molar-refractivity contribution in [1.82, 2.24) is 0 Å². The minimum atomic E-state index is -0.754. The molecular weight excluding hydrogens is 396 g/mol. The van der Waals surface area contributed by atoms with Gasteiger partial charge >= 0.3 is 0 Å². The first-order valence-electron chi connectivity index (χ1n) is 13.7. The number of aliphatic hydroxyl groups is 1. The van der Waals surface area contributed by atoms with Crippen molar-refractivity contribution in [3.8, 4) is 0 Å². The molecule has 0 aromatic heterocycles. The van der Waals surface area contributed by atoms with Gasteiger partial charge in [-0.1, -0.05) is 27.7 Å². The highest BCUT2D eigenvalue weighted by Gasteiger charge is 2.65. The fraction of sp³-hybridized carbons (Fsp3) is 0.966. The van der Waals surface area contributed by atoms with E-state index in [2.05, 4.69) is 34.6 Å². The molecule has 32 heavy (non-hydrogen) atoms. The summed E-state index contributed by atoms with van der Waals surface area (Å²) < 4.78 is 6.68. The van der Waals surface area contributed by atoms with Gasteiger partial charge in [-0.15, -0.1) is 0 Å². The number of ketones is 1. The van der Waals surface area contributed by atoms with E-state index >= 15 is 0 Å². The molecule has 0 amide bonds. The van der Waals surface area contributed by atoms with Crippen LogP contribution in [0.4, 0.5) is 0 Å². The average Bonchev–Trinajstić information content (AvgIpc) is 3.27. The Morgan fingerprint density at radius 1 is 0.781 bits per heavy atom. The third kappa shape index (κ3) is 3.08. The number of ether oxygens (including phenoxy) is 1. The summed E-state index contributed by atoms with van der Waals surface area (Å²) in [6.45, 7) is 15.8. The van der Waals surface area contributed by atoms with Crippen LogP contribution >= 0.6 is 0 Å². The van der Waals surface area contributed by atoms with E-state index in [1.54, 1.807) is 0 Å². The van der Waals surface area contributed by atoms with Crippen LogP contribution in [0.1, 0.15) is 113 Å². The molecule has 3 heteroatoms. The van der Waals surface area contributed by atoms with Crippen LogP contribution in [-0.4, -0.2) is 28.2 Å². The third-order valence-corrected chi connectivity index (χ3v) is 12.2. The molecule has 1 saturated heterocycles. The number of carbonyl (C=O) groups is 1. The Morgan fingerprint density at radius 3 is 2.00 bits per heavy atom.